The standard InChI is InChI=1S/C20H16FN5O2S/c1-12-3-6-15(7-4-12)29(27,28)20-19-10-17-13(2)23-24-26(17)18-9-14(21)5-8-16(18)25(19)11-22-20/h3-9,11H,10H2,1-2H3. The molecule has 0 unspecified atom stereocenters. The second kappa shape index (κ2) is 6.08. The van der Waals surface area contributed by atoms with Crippen LogP contribution in [0.3, 0.4) is 0 Å². The van der Waals surface area contributed by atoms with Crippen molar-refractivity contribution >= 4 is 9.84 Å². The van der Waals surface area contributed by atoms with Crippen molar-refractivity contribution in [3.63, 3.8) is 0 Å². The van der Waals surface area contributed by atoms with Crippen molar-refractivity contribution in [2.45, 2.75) is 30.2 Å². The van der Waals surface area contributed by atoms with E-state index in [0.29, 0.717) is 28.5 Å². The number of halogens is 1. The molecular formula is C20H16FN5O2S. The van der Waals surface area contributed by atoms with Gasteiger partial charge in [0.1, 0.15) is 12.1 Å². The van der Waals surface area contributed by atoms with Gasteiger partial charge in [0.15, 0.2) is 5.03 Å². The summed E-state index contributed by atoms with van der Waals surface area (Å²) in [4.78, 5) is 4.43. The van der Waals surface area contributed by atoms with E-state index in [-0.39, 0.29) is 16.3 Å². The van der Waals surface area contributed by atoms with Gasteiger partial charge in [0, 0.05) is 12.5 Å². The highest BCUT2D eigenvalue weighted by molar-refractivity contribution is 7.91. The number of hydrogen-bond donors (Lipinski definition) is 0. The summed E-state index contributed by atoms with van der Waals surface area (Å²) >= 11 is 0. The van der Waals surface area contributed by atoms with Crippen LogP contribution in [-0.4, -0.2) is 33.0 Å². The molecule has 0 radical (unpaired) electrons. The largest absolute Gasteiger partial charge is 0.299 e. The second-order valence-corrected chi connectivity index (χ2v) is 8.89. The lowest BCUT2D eigenvalue weighted by atomic mass is 10.2. The van der Waals surface area contributed by atoms with E-state index in [2.05, 4.69) is 15.3 Å². The number of aryl methyl sites for hydroxylation is 2. The number of sulfone groups is 1. The lowest BCUT2D eigenvalue weighted by molar-refractivity contribution is 0.591. The number of benzene rings is 2. The van der Waals surface area contributed by atoms with Crippen molar-refractivity contribution in [3.05, 3.63) is 77.3 Å². The Kier molecular flexibility index (Phi) is 3.72. The predicted octanol–water partition coefficient (Wildman–Crippen LogP) is 2.95. The van der Waals surface area contributed by atoms with Gasteiger partial charge in [0.05, 0.1) is 33.4 Å². The molecular weight excluding hydrogens is 393 g/mol. The van der Waals surface area contributed by atoms with Crippen LogP contribution < -0.4 is 0 Å². The van der Waals surface area contributed by atoms with Crippen molar-refractivity contribution in [1.82, 2.24) is 24.5 Å². The minimum Gasteiger partial charge on any atom is -0.299 e. The zero-order valence-corrected chi connectivity index (χ0v) is 16.5. The Morgan fingerprint density at radius 2 is 1.76 bits per heavy atom. The molecule has 0 saturated carbocycles. The monoisotopic (exact) mass is 409 g/mol. The molecule has 0 bridgehead atoms. The van der Waals surface area contributed by atoms with Gasteiger partial charge in [-0.2, -0.15) is 0 Å². The summed E-state index contributed by atoms with van der Waals surface area (Å²) in [6.45, 7) is 3.68. The SMILES string of the molecule is Cc1ccc(S(=O)(=O)c2ncn3c2Cc2c(C)nnn2-c2cc(F)ccc2-3)cc1. The Labute approximate surface area is 166 Å². The molecule has 0 saturated heterocycles. The lowest BCUT2D eigenvalue weighted by Crippen LogP contribution is -2.08. The van der Waals surface area contributed by atoms with E-state index in [4.69, 9.17) is 0 Å². The maximum atomic E-state index is 14.0. The lowest BCUT2D eigenvalue weighted by Gasteiger charge is -2.10. The molecule has 0 amide bonds. The quantitative estimate of drug-likeness (QED) is 0.448. The first-order chi connectivity index (χ1) is 13.9. The minimum atomic E-state index is -3.84. The van der Waals surface area contributed by atoms with Gasteiger partial charge in [0.2, 0.25) is 9.84 Å². The highest BCUT2D eigenvalue weighted by Gasteiger charge is 2.31. The van der Waals surface area contributed by atoms with Gasteiger partial charge in [0.25, 0.3) is 0 Å². The molecule has 1 aliphatic heterocycles. The molecule has 2 aromatic heterocycles. The number of hydrogen-bond acceptors (Lipinski definition) is 5. The van der Waals surface area contributed by atoms with E-state index in [1.165, 1.54) is 18.5 Å². The molecule has 0 fully saturated rings. The topological polar surface area (TPSA) is 82.7 Å². The number of rotatable bonds is 2. The Morgan fingerprint density at radius 1 is 1.00 bits per heavy atom. The van der Waals surface area contributed by atoms with Crippen LogP contribution in [0.2, 0.25) is 0 Å². The van der Waals surface area contributed by atoms with E-state index in [9.17, 15) is 12.8 Å². The second-order valence-electron chi connectivity index (χ2n) is 7.03. The highest BCUT2D eigenvalue weighted by Crippen LogP contribution is 2.33. The van der Waals surface area contributed by atoms with E-state index < -0.39 is 15.7 Å². The summed E-state index contributed by atoms with van der Waals surface area (Å²) in [6.07, 6.45) is 1.71. The molecule has 0 N–H and O–H groups in total. The molecule has 9 heteroatoms. The average Bonchev–Trinajstić information content (AvgIpc) is 3.24. The predicted molar refractivity (Wildman–Crippen MR) is 103 cm³/mol. The van der Waals surface area contributed by atoms with Crippen LogP contribution in [0, 0.1) is 19.7 Å². The van der Waals surface area contributed by atoms with E-state index in [0.717, 1.165) is 5.56 Å². The summed E-state index contributed by atoms with van der Waals surface area (Å²) in [5, 5.41) is 8.21. The van der Waals surface area contributed by atoms with Crippen LogP contribution in [0.4, 0.5) is 4.39 Å². The van der Waals surface area contributed by atoms with Gasteiger partial charge in [-0.15, -0.1) is 5.10 Å². The highest BCUT2D eigenvalue weighted by atomic mass is 32.2. The molecule has 0 aliphatic carbocycles. The number of imidazole rings is 1. The van der Waals surface area contributed by atoms with Gasteiger partial charge in [-0.05, 0) is 38.1 Å². The first-order valence-corrected chi connectivity index (χ1v) is 10.4. The fourth-order valence-corrected chi connectivity index (χ4v) is 4.97. The van der Waals surface area contributed by atoms with Crippen molar-refractivity contribution in [1.29, 1.82) is 0 Å². The fourth-order valence-electron chi connectivity index (χ4n) is 3.58. The van der Waals surface area contributed by atoms with Crippen molar-refractivity contribution in [2.75, 3.05) is 0 Å². The van der Waals surface area contributed by atoms with Gasteiger partial charge in [-0.1, -0.05) is 22.9 Å². The maximum absolute atomic E-state index is 14.0. The van der Waals surface area contributed by atoms with Gasteiger partial charge < -0.3 is 0 Å². The normalized spacial score (nSPS) is 12.8. The summed E-state index contributed by atoms with van der Waals surface area (Å²) in [5.74, 6) is -0.418. The fraction of sp³-hybridized carbons (Fsp3) is 0.150. The zero-order valence-electron chi connectivity index (χ0n) is 15.7. The zero-order chi connectivity index (χ0) is 20.3. The Morgan fingerprint density at radius 3 is 2.52 bits per heavy atom. The van der Waals surface area contributed by atoms with E-state index >= 15 is 0 Å². The van der Waals surface area contributed by atoms with Crippen LogP contribution in [0.5, 0.6) is 0 Å². The summed E-state index contributed by atoms with van der Waals surface area (Å²) in [6, 6.07) is 10.9. The molecule has 2 aromatic carbocycles. The van der Waals surface area contributed by atoms with E-state index in [1.54, 1.807) is 46.5 Å². The third-order valence-electron chi connectivity index (χ3n) is 5.13. The van der Waals surface area contributed by atoms with Crippen LogP contribution in [0.25, 0.3) is 11.4 Å². The van der Waals surface area contributed by atoms with Gasteiger partial charge in [-0.3, -0.25) is 4.57 Å². The summed E-state index contributed by atoms with van der Waals surface area (Å²) in [7, 11) is -3.84. The number of nitrogens with zero attached hydrogens (tertiary/aromatic N) is 5. The molecule has 1 aliphatic rings. The summed E-state index contributed by atoms with van der Waals surface area (Å²) < 4.78 is 43.8. The Bertz CT molecular complexity index is 1370. The van der Waals surface area contributed by atoms with Crippen molar-refractivity contribution in [3.8, 4) is 11.4 Å². The number of fused-ring (bicyclic) bond motifs is 5. The van der Waals surface area contributed by atoms with Crippen LogP contribution >= 0.6 is 0 Å². The van der Waals surface area contributed by atoms with Crippen molar-refractivity contribution in [2.24, 2.45) is 0 Å². The number of aromatic nitrogens is 5. The van der Waals surface area contributed by atoms with Crippen LogP contribution in [0.1, 0.15) is 22.6 Å². The molecule has 29 heavy (non-hydrogen) atoms. The molecule has 7 nitrogen and oxygen atoms in total. The molecule has 146 valence electrons. The first kappa shape index (κ1) is 17.7. The molecule has 0 spiro atoms. The molecule has 3 heterocycles. The third-order valence-corrected chi connectivity index (χ3v) is 6.87. The average molecular weight is 409 g/mol. The van der Waals surface area contributed by atoms with Gasteiger partial charge in [-0.25, -0.2) is 22.5 Å². The van der Waals surface area contributed by atoms with Crippen molar-refractivity contribution < 1.29 is 12.8 Å². The molecule has 4 aromatic rings. The maximum Gasteiger partial charge on any atom is 0.225 e. The summed E-state index contributed by atoms with van der Waals surface area (Å²) in [5.41, 5.74) is 3.86. The minimum absolute atomic E-state index is 0.0225. The molecule has 5 rings (SSSR count). The van der Waals surface area contributed by atoms with Gasteiger partial charge >= 0.3 is 0 Å². The van der Waals surface area contributed by atoms with Crippen LogP contribution in [-0.2, 0) is 16.3 Å². The molecule has 0 atom stereocenters. The first-order valence-electron chi connectivity index (χ1n) is 8.96. The third kappa shape index (κ3) is 2.61. The van der Waals surface area contributed by atoms with E-state index in [1.807, 2.05) is 6.92 Å². The smallest absolute Gasteiger partial charge is 0.225 e. The Hall–Kier alpha value is -3.33. The van der Waals surface area contributed by atoms with Crippen LogP contribution in [0.15, 0.2) is 58.7 Å². The Balaban J connectivity index is 1.78.